The van der Waals surface area contributed by atoms with Gasteiger partial charge in [-0.25, -0.2) is 0 Å². The summed E-state index contributed by atoms with van der Waals surface area (Å²) >= 11 is 6.03. The molecule has 0 bridgehead atoms. The van der Waals surface area contributed by atoms with Crippen LogP contribution in [0.5, 0.6) is 11.5 Å². The number of hydrazone groups is 1. The molecule has 0 fully saturated rings. The zero-order valence-corrected chi connectivity index (χ0v) is 15.1. The zero-order valence-electron chi connectivity index (χ0n) is 14.3. The Hall–Kier alpha value is -2.67. The molecule has 0 radical (unpaired) electrons. The van der Waals surface area contributed by atoms with E-state index in [-0.39, 0.29) is 5.75 Å². The molecule has 1 atom stereocenters. The number of hydrogen-bond acceptors (Lipinski definition) is 4. The Morgan fingerprint density at radius 2 is 1.96 bits per heavy atom. The fraction of sp³-hybridized carbons (Fsp3) is 0.211. The number of hydrogen-bond donors (Lipinski definition) is 1. The molecule has 0 saturated heterocycles. The van der Waals surface area contributed by atoms with Crippen LogP contribution in [0.3, 0.4) is 0 Å². The molecule has 8 heteroatoms. The van der Waals surface area contributed by atoms with Crippen LogP contribution < -0.4 is 14.9 Å². The van der Waals surface area contributed by atoms with E-state index in [9.17, 15) is 13.2 Å². The van der Waals surface area contributed by atoms with Crippen molar-refractivity contribution in [1.82, 2.24) is 0 Å². The number of nitrogens with zero attached hydrogens (tertiary/aromatic N) is 1. The van der Waals surface area contributed by atoms with Crippen LogP contribution in [0.2, 0.25) is 5.02 Å². The Balaban J connectivity index is 1.85. The topological polar surface area (TPSA) is 42.8 Å². The van der Waals surface area contributed by atoms with Crippen molar-refractivity contribution in [1.29, 1.82) is 0 Å². The van der Waals surface area contributed by atoms with Gasteiger partial charge in [-0.15, -0.1) is 19.8 Å². The van der Waals surface area contributed by atoms with Crippen molar-refractivity contribution < 1.29 is 22.6 Å². The molecular formula is C19H16ClF3N2O2. The summed E-state index contributed by atoms with van der Waals surface area (Å²) in [6, 6.07) is 10.6. The number of benzene rings is 2. The molecule has 1 unspecified atom stereocenters. The first-order chi connectivity index (χ1) is 12.7. The molecule has 142 valence electrons. The highest BCUT2D eigenvalue weighted by molar-refractivity contribution is 6.31. The summed E-state index contributed by atoms with van der Waals surface area (Å²) in [6.07, 6.45) is -2.49. The summed E-state index contributed by atoms with van der Waals surface area (Å²) in [4.78, 5) is 0. The van der Waals surface area contributed by atoms with Gasteiger partial charge in [-0.2, -0.15) is 5.10 Å². The fourth-order valence-corrected chi connectivity index (χ4v) is 2.96. The Bertz CT molecular complexity index is 882. The number of rotatable bonds is 5. The van der Waals surface area contributed by atoms with Crippen LogP contribution in [0, 0.1) is 0 Å². The third-order valence-corrected chi connectivity index (χ3v) is 4.19. The monoisotopic (exact) mass is 396 g/mol. The Morgan fingerprint density at radius 1 is 1.26 bits per heavy atom. The van der Waals surface area contributed by atoms with Crippen LogP contribution in [-0.4, -0.2) is 17.7 Å². The van der Waals surface area contributed by atoms with Crippen molar-refractivity contribution >= 4 is 23.0 Å². The van der Waals surface area contributed by atoms with Gasteiger partial charge in [0.1, 0.15) is 17.2 Å². The lowest BCUT2D eigenvalue weighted by atomic mass is 9.93. The normalized spacial score (nSPS) is 20.1. The minimum absolute atomic E-state index is 0.304. The Labute approximate surface area is 159 Å². The summed E-state index contributed by atoms with van der Waals surface area (Å²) in [5, 5.41) is 4.97. The molecule has 3 rings (SSSR count). The standard InChI is InChI=1S/C19H16ClF3N2O2/c1-3-10-18(2)17(15-9-4-12(20)11-16(15)27-18)25-24-13-5-7-14(8-6-13)26-19(21,22)23/h3-9,11,24H,1,10H2,2H3. The number of fused-ring (bicyclic) bond motifs is 1. The van der Waals surface area contributed by atoms with Crippen LogP contribution in [0.25, 0.3) is 0 Å². The third-order valence-electron chi connectivity index (χ3n) is 3.95. The van der Waals surface area contributed by atoms with Gasteiger partial charge in [0.15, 0.2) is 5.60 Å². The first kappa shape index (κ1) is 19.1. The van der Waals surface area contributed by atoms with Crippen molar-refractivity contribution in [3.63, 3.8) is 0 Å². The smallest absolute Gasteiger partial charge is 0.480 e. The molecule has 27 heavy (non-hydrogen) atoms. The maximum atomic E-state index is 12.2. The van der Waals surface area contributed by atoms with Gasteiger partial charge in [0.2, 0.25) is 0 Å². The predicted molar refractivity (Wildman–Crippen MR) is 98.6 cm³/mol. The third kappa shape index (κ3) is 4.36. The number of alkyl halides is 3. The summed E-state index contributed by atoms with van der Waals surface area (Å²) < 4.78 is 46.6. The molecule has 0 aliphatic carbocycles. The van der Waals surface area contributed by atoms with Gasteiger partial charge in [0, 0.05) is 17.0 Å². The maximum Gasteiger partial charge on any atom is 0.573 e. The Morgan fingerprint density at radius 3 is 2.59 bits per heavy atom. The largest absolute Gasteiger partial charge is 0.573 e. The molecule has 0 saturated carbocycles. The summed E-state index contributed by atoms with van der Waals surface area (Å²) in [6.45, 7) is 5.63. The van der Waals surface area contributed by atoms with Gasteiger partial charge >= 0.3 is 6.36 Å². The average molecular weight is 397 g/mol. The first-order valence-electron chi connectivity index (χ1n) is 8.00. The van der Waals surface area contributed by atoms with Gasteiger partial charge < -0.3 is 9.47 Å². The number of anilines is 1. The number of halogens is 4. The minimum atomic E-state index is -4.73. The van der Waals surface area contributed by atoms with Crippen LogP contribution in [0.1, 0.15) is 18.9 Å². The second-order valence-electron chi connectivity index (χ2n) is 6.11. The van der Waals surface area contributed by atoms with Crippen LogP contribution in [-0.2, 0) is 0 Å². The lowest BCUT2D eigenvalue weighted by molar-refractivity contribution is -0.274. The summed E-state index contributed by atoms with van der Waals surface area (Å²) in [7, 11) is 0. The van der Waals surface area contributed by atoms with Gasteiger partial charge in [-0.3, -0.25) is 5.43 Å². The molecule has 0 spiro atoms. The second-order valence-corrected chi connectivity index (χ2v) is 6.55. The van der Waals surface area contributed by atoms with Gasteiger partial charge in [-0.05, 0) is 49.4 Å². The van der Waals surface area contributed by atoms with E-state index in [1.54, 1.807) is 18.2 Å². The molecule has 1 heterocycles. The van der Waals surface area contributed by atoms with E-state index in [1.165, 1.54) is 24.3 Å². The second kappa shape index (κ2) is 7.15. The number of nitrogens with one attached hydrogen (secondary N) is 1. The molecule has 4 nitrogen and oxygen atoms in total. The SMILES string of the molecule is C=CCC1(C)Oc2cc(Cl)ccc2C1=NNc1ccc(OC(F)(F)F)cc1. The van der Waals surface area contributed by atoms with E-state index in [0.29, 0.717) is 28.6 Å². The first-order valence-corrected chi connectivity index (χ1v) is 8.38. The zero-order chi connectivity index (χ0) is 19.7. The van der Waals surface area contributed by atoms with Gasteiger partial charge in [0.25, 0.3) is 0 Å². The molecule has 1 aliphatic heterocycles. The lowest BCUT2D eigenvalue weighted by Gasteiger charge is -2.23. The minimum Gasteiger partial charge on any atom is -0.480 e. The van der Waals surface area contributed by atoms with Crippen molar-refractivity contribution in [2.75, 3.05) is 5.43 Å². The maximum absolute atomic E-state index is 12.2. The predicted octanol–water partition coefficient (Wildman–Crippen LogP) is 5.78. The van der Waals surface area contributed by atoms with Gasteiger partial charge in [0.05, 0.1) is 5.69 Å². The quantitative estimate of drug-likeness (QED) is 0.514. The molecule has 1 aliphatic rings. The van der Waals surface area contributed by atoms with Crippen LogP contribution in [0.15, 0.2) is 60.2 Å². The highest BCUT2D eigenvalue weighted by Crippen LogP contribution is 2.39. The fourth-order valence-electron chi connectivity index (χ4n) is 2.80. The highest BCUT2D eigenvalue weighted by atomic mass is 35.5. The van der Waals surface area contributed by atoms with E-state index in [4.69, 9.17) is 16.3 Å². The van der Waals surface area contributed by atoms with Crippen molar-refractivity contribution in [2.45, 2.75) is 25.3 Å². The molecular weight excluding hydrogens is 381 g/mol. The van der Waals surface area contributed by atoms with Crippen molar-refractivity contribution in [3.05, 3.63) is 65.7 Å². The summed E-state index contributed by atoms with van der Waals surface area (Å²) in [5.41, 5.74) is 4.04. The van der Waals surface area contributed by atoms with E-state index in [1.807, 2.05) is 13.0 Å². The van der Waals surface area contributed by atoms with Crippen molar-refractivity contribution in [3.8, 4) is 11.5 Å². The van der Waals surface area contributed by atoms with E-state index < -0.39 is 12.0 Å². The average Bonchev–Trinajstić information content (AvgIpc) is 2.83. The van der Waals surface area contributed by atoms with Crippen molar-refractivity contribution in [2.24, 2.45) is 5.10 Å². The molecule has 2 aromatic rings. The lowest BCUT2D eigenvalue weighted by Crippen LogP contribution is -2.36. The molecule has 2 aromatic carbocycles. The van der Waals surface area contributed by atoms with E-state index in [2.05, 4.69) is 21.8 Å². The number of ether oxygens (including phenoxy) is 2. The Kier molecular flexibility index (Phi) is 5.06. The highest BCUT2D eigenvalue weighted by Gasteiger charge is 2.41. The van der Waals surface area contributed by atoms with Gasteiger partial charge in [-0.1, -0.05) is 17.7 Å². The molecule has 0 amide bonds. The molecule has 1 N–H and O–H groups in total. The van der Waals surface area contributed by atoms with Crippen LogP contribution in [0.4, 0.5) is 18.9 Å². The van der Waals surface area contributed by atoms with E-state index in [0.717, 1.165) is 5.56 Å². The van der Waals surface area contributed by atoms with Crippen LogP contribution >= 0.6 is 11.6 Å². The van der Waals surface area contributed by atoms with E-state index >= 15 is 0 Å². The molecule has 0 aromatic heterocycles. The summed E-state index contributed by atoms with van der Waals surface area (Å²) in [5.74, 6) is 0.308.